The molecule has 0 amide bonds. The lowest BCUT2D eigenvalue weighted by Gasteiger charge is -2.33. The van der Waals surface area contributed by atoms with Crippen molar-refractivity contribution in [1.29, 1.82) is 0 Å². The second-order valence-electron chi connectivity index (χ2n) is 4.63. The molecule has 1 aliphatic heterocycles. The molecule has 1 aliphatic rings. The number of nitrogens with one attached hydrogen (secondary N) is 1. The molecule has 6 heteroatoms. The second-order valence-corrected chi connectivity index (χ2v) is 6.49. The van der Waals surface area contributed by atoms with Crippen molar-refractivity contribution in [2.75, 3.05) is 19.6 Å². The predicted molar refractivity (Wildman–Crippen MR) is 79.3 cm³/mol. The van der Waals surface area contributed by atoms with Gasteiger partial charge in [-0.05, 0) is 25.0 Å². The minimum absolute atomic E-state index is 0. The molecule has 1 atom stereocenters. The van der Waals surface area contributed by atoms with Crippen molar-refractivity contribution >= 4 is 22.4 Å². The molecule has 0 saturated carbocycles. The van der Waals surface area contributed by atoms with Gasteiger partial charge in [-0.3, -0.25) is 0 Å². The highest BCUT2D eigenvalue weighted by atomic mass is 35.5. The summed E-state index contributed by atoms with van der Waals surface area (Å²) in [7, 11) is -3.36. The molecule has 19 heavy (non-hydrogen) atoms. The molecular weight excluding hydrogens is 284 g/mol. The van der Waals surface area contributed by atoms with Gasteiger partial charge in [0.1, 0.15) is 0 Å². The van der Waals surface area contributed by atoms with E-state index >= 15 is 0 Å². The minimum Gasteiger partial charge on any atom is -0.314 e. The molecule has 1 heterocycles. The molecule has 0 bridgehead atoms. The molecule has 0 radical (unpaired) electrons. The first-order valence-electron chi connectivity index (χ1n) is 6.38. The standard InChI is InChI=1S/C13H20N2O2S.ClH/c1-3-12-6-4-5-7-13(12)18(16,17)15-9-8-14-10-11(15)2;/h4-7,11,14H,3,8-10H2,1-2H3;1H. The first-order chi connectivity index (χ1) is 8.57. The molecule has 0 aromatic heterocycles. The highest BCUT2D eigenvalue weighted by Gasteiger charge is 2.31. The van der Waals surface area contributed by atoms with Crippen molar-refractivity contribution < 1.29 is 8.42 Å². The highest BCUT2D eigenvalue weighted by molar-refractivity contribution is 7.89. The fourth-order valence-corrected chi connectivity index (χ4v) is 4.28. The van der Waals surface area contributed by atoms with Crippen molar-refractivity contribution in [2.24, 2.45) is 0 Å². The van der Waals surface area contributed by atoms with Crippen LogP contribution in [0.2, 0.25) is 0 Å². The van der Waals surface area contributed by atoms with Crippen molar-refractivity contribution in [3.8, 4) is 0 Å². The maximum absolute atomic E-state index is 12.7. The fraction of sp³-hybridized carbons (Fsp3) is 0.538. The number of piperazine rings is 1. The molecule has 108 valence electrons. The quantitative estimate of drug-likeness (QED) is 0.924. The van der Waals surface area contributed by atoms with Crippen LogP contribution in [0.1, 0.15) is 19.4 Å². The second kappa shape index (κ2) is 6.70. The number of rotatable bonds is 3. The zero-order valence-electron chi connectivity index (χ0n) is 11.3. The number of nitrogens with zero attached hydrogens (tertiary/aromatic N) is 1. The summed E-state index contributed by atoms with van der Waals surface area (Å²) in [5.74, 6) is 0. The first-order valence-corrected chi connectivity index (χ1v) is 7.82. The Hall–Kier alpha value is -0.620. The average molecular weight is 305 g/mol. The largest absolute Gasteiger partial charge is 0.314 e. The lowest BCUT2D eigenvalue weighted by Crippen LogP contribution is -2.52. The Balaban J connectivity index is 0.00000180. The van der Waals surface area contributed by atoms with Crippen LogP contribution in [0, 0.1) is 0 Å². The number of hydrogen-bond acceptors (Lipinski definition) is 3. The zero-order valence-corrected chi connectivity index (χ0v) is 12.9. The van der Waals surface area contributed by atoms with E-state index in [1.807, 2.05) is 26.0 Å². The Labute approximate surface area is 121 Å². The van der Waals surface area contributed by atoms with E-state index in [0.29, 0.717) is 18.0 Å². The molecule has 0 aliphatic carbocycles. The zero-order chi connectivity index (χ0) is 13.2. The minimum atomic E-state index is -3.36. The molecular formula is C13H21ClN2O2S. The SMILES string of the molecule is CCc1ccccc1S(=O)(=O)N1CCNCC1C.Cl. The van der Waals surface area contributed by atoms with Gasteiger partial charge >= 0.3 is 0 Å². The smallest absolute Gasteiger partial charge is 0.243 e. The Kier molecular flexibility index (Phi) is 5.80. The molecule has 2 rings (SSSR count). The lowest BCUT2D eigenvalue weighted by atomic mass is 10.2. The van der Waals surface area contributed by atoms with Gasteiger partial charge in [0.05, 0.1) is 4.90 Å². The number of benzene rings is 1. The number of hydrogen-bond donors (Lipinski definition) is 1. The van der Waals surface area contributed by atoms with E-state index in [4.69, 9.17) is 0 Å². The number of halogens is 1. The summed E-state index contributed by atoms with van der Waals surface area (Å²) in [4.78, 5) is 0.459. The molecule has 0 spiro atoms. The molecule has 1 fully saturated rings. The maximum Gasteiger partial charge on any atom is 0.243 e. The summed E-state index contributed by atoms with van der Waals surface area (Å²) < 4.78 is 27.0. The highest BCUT2D eigenvalue weighted by Crippen LogP contribution is 2.23. The van der Waals surface area contributed by atoms with Crippen LogP contribution in [0.15, 0.2) is 29.2 Å². The summed E-state index contributed by atoms with van der Waals surface area (Å²) in [6.07, 6.45) is 0.732. The average Bonchev–Trinajstić information content (AvgIpc) is 2.39. The summed E-state index contributed by atoms with van der Waals surface area (Å²) in [6, 6.07) is 7.29. The summed E-state index contributed by atoms with van der Waals surface area (Å²) in [6.45, 7) is 5.90. The first kappa shape index (κ1) is 16.4. The monoisotopic (exact) mass is 304 g/mol. The van der Waals surface area contributed by atoms with Crippen LogP contribution in [0.5, 0.6) is 0 Å². The van der Waals surface area contributed by atoms with Gasteiger partial charge in [-0.2, -0.15) is 4.31 Å². The Morgan fingerprint density at radius 3 is 2.68 bits per heavy atom. The normalized spacial score (nSPS) is 20.8. The Morgan fingerprint density at radius 1 is 1.37 bits per heavy atom. The number of aryl methyl sites for hydroxylation is 1. The van der Waals surface area contributed by atoms with E-state index in [1.165, 1.54) is 0 Å². The van der Waals surface area contributed by atoms with Gasteiger partial charge in [0.2, 0.25) is 10.0 Å². The van der Waals surface area contributed by atoms with Crippen LogP contribution in [0.4, 0.5) is 0 Å². The van der Waals surface area contributed by atoms with Gasteiger partial charge in [-0.1, -0.05) is 25.1 Å². The van der Waals surface area contributed by atoms with E-state index in [-0.39, 0.29) is 18.4 Å². The van der Waals surface area contributed by atoms with E-state index in [2.05, 4.69) is 5.32 Å². The van der Waals surface area contributed by atoms with Crippen molar-refractivity contribution in [2.45, 2.75) is 31.2 Å². The van der Waals surface area contributed by atoms with Gasteiger partial charge in [0.25, 0.3) is 0 Å². The van der Waals surface area contributed by atoms with E-state index < -0.39 is 10.0 Å². The van der Waals surface area contributed by atoms with E-state index in [0.717, 1.165) is 18.5 Å². The van der Waals surface area contributed by atoms with Crippen LogP contribution in [-0.2, 0) is 16.4 Å². The van der Waals surface area contributed by atoms with Gasteiger partial charge in [-0.15, -0.1) is 12.4 Å². The molecule has 1 aromatic carbocycles. The van der Waals surface area contributed by atoms with Crippen LogP contribution >= 0.6 is 12.4 Å². The van der Waals surface area contributed by atoms with Gasteiger partial charge < -0.3 is 5.32 Å². The lowest BCUT2D eigenvalue weighted by molar-refractivity contribution is 0.283. The molecule has 1 saturated heterocycles. The third-order valence-corrected chi connectivity index (χ3v) is 5.49. The molecule has 1 unspecified atom stereocenters. The van der Waals surface area contributed by atoms with E-state index in [9.17, 15) is 8.42 Å². The molecule has 4 nitrogen and oxygen atoms in total. The maximum atomic E-state index is 12.7. The molecule has 1 aromatic rings. The summed E-state index contributed by atoms with van der Waals surface area (Å²) >= 11 is 0. The van der Waals surface area contributed by atoms with Gasteiger partial charge in [-0.25, -0.2) is 8.42 Å². The number of sulfonamides is 1. The summed E-state index contributed by atoms with van der Waals surface area (Å²) in [5, 5.41) is 3.21. The summed E-state index contributed by atoms with van der Waals surface area (Å²) in [5.41, 5.74) is 0.892. The fourth-order valence-electron chi connectivity index (χ4n) is 2.35. The van der Waals surface area contributed by atoms with Crippen molar-refractivity contribution in [3.63, 3.8) is 0 Å². The van der Waals surface area contributed by atoms with Gasteiger partial charge in [0.15, 0.2) is 0 Å². The van der Waals surface area contributed by atoms with Gasteiger partial charge in [0, 0.05) is 25.7 Å². The van der Waals surface area contributed by atoms with Crippen LogP contribution in [0.25, 0.3) is 0 Å². The Bertz CT molecular complexity index is 519. The van der Waals surface area contributed by atoms with Crippen molar-refractivity contribution in [3.05, 3.63) is 29.8 Å². The predicted octanol–water partition coefficient (Wildman–Crippen LogP) is 1.65. The Morgan fingerprint density at radius 2 is 2.05 bits per heavy atom. The molecule has 1 N–H and O–H groups in total. The van der Waals surface area contributed by atoms with Crippen LogP contribution < -0.4 is 5.32 Å². The topological polar surface area (TPSA) is 49.4 Å². The third-order valence-electron chi connectivity index (χ3n) is 3.38. The third kappa shape index (κ3) is 3.28. The van der Waals surface area contributed by atoms with Crippen LogP contribution in [0.3, 0.4) is 0 Å². The van der Waals surface area contributed by atoms with Crippen LogP contribution in [-0.4, -0.2) is 38.4 Å². The van der Waals surface area contributed by atoms with Crippen molar-refractivity contribution in [1.82, 2.24) is 9.62 Å². The van der Waals surface area contributed by atoms with E-state index in [1.54, 1.807) is 16.4 Å².